The maximum atomic E-state index is 11.2. The van der Waals surface area contributed by atoms with Gasteiger partial charge in [0.15, 0.2) is 12.4 Å². The number of carbonyl (C=O) groups is 1. The lowest BCUT2D eigenvalue weighted by atomic mass is 10.3. The van der Waals surface area contributed by atoms with E-state index in [1.54, 1.807) is 6.07 Å². The number of oxime groups is 1. The molecule has 0 bridgehead atoms. The molecule has 0 aromatic heterocycles. The quantitative estimate of drug-likeness (QED) is 0.298. The van der Waals surface area contributed by atoms with Gasteiger partial charge in [0.2, 0.25) is 0 Å². The highest BCUT2D eigenvalue weighted by Gasteiger charge is 2.07. The molecular weight excluding hydrogens is 302 g/mol. The van der Waals surface area contributed by atoms with Crippen LogP contribution in [-0.4, -0.2) is 24.3 Å². The van der Waals surface area contributed by atoms with E-state index in [0.29, 0.717) is 15.8 Å². The molecule has 0 aliphatic carbocycles. The van der Waals surface area contributed by atoms with Gasteiger partial charge in [0, 0.05) is 5.02 Å². The molecule has 5 nitrogen and oxygen atoms in total. The third kappa shape index (κ3) is 5.00. The van der Waals surface area contributed by atoms with Gasteiger partial charge in [-0.3, -0.25) is 0 Å². The molecule has 0 saturated carbocycles. The van der Waals surface area contributed by atoms with Gasteiger partial charge in [-0.2, -0.15) is 0 Å². The number of halogens is 3. The minimum absolute atomic E-state index is 0.00505. The number of hydrogen-bond acceptors (Lipinski definition) is 4. The van der Waals surface area contributed by atoms with Crippen LogP contribution in [0.2, 0.25) is 10.0 Å². The Bertz CT molecular complexity index is 466. The molecule has 1 rings (SSSR count). The first-order valence-corrected chi connectivity index (χ1v) is 5.98. The Morgan fingerprint density at radius 3 is 2.72 bits per heavy atom. The summed E-state index contributed by atoms with van der Waals surface area (Å²) in [6, 6.07) is 4.61. The van der Waals surface area contributed by atoms with Gasteiger partial charge in [0.25, 0.3) is 0 Å². The molecule has 1 aromatic carbocycles. The van der Waals surface area contributed by atoms with Crippen LogP contribution >= 0.6 is 34.8 Å². The predicted molar refractivity (Wildman–Crippen MR) is 70.4 cm³/mol. The third-order valence-electron chi connectivity index (χ3n) is 1.64. The zero-order valence-corrected chi connectivity index (χ0v) is 11.3. The molecule has 0 atom stereocenters. The summed E-state index contributed by atoms with van der Waals surface area (Å²) in [5, 5.41) is 4.03. The summed E-state index contributed by atoms with van der Waals surface area (Å²) in [7, 11) is 0. The molecule has 2 N–H and O–H groups in total. The van der Waals surface area contributed by atoms with Crippen molar-refractivity contribution >= 4 is 46.6 Å². The monoisotopic (exact) mass is 310 g/mol. The second-order valence-electron chi connectivity index (χ2n) is 3.04. The average molecular weight is 312 g/mol. The maximum Gasteiger partial charge on any atom is 0.372 e. The number of rotatable bonds is 5. The molecular formula is C10H9Cl3N2O3. The Kier molecular flexibility index (Phi) is 6.04. The van der Waals surface area contributed by atoms with Gasteiger partial charge in [-0.25, -0.2) is 4.79 Å². The van der Waals surface area contributed by atoms with Gasteiger partial charge in [-0.15, -0.1) is 11.6 Å². The lowest BCUT2D eigenvalue weighted by molar-refractivity contribution is -0.146. The smallest absolute Gasteiger partial charge is 0.372 e. The molecule has 0 aliphatic heterocycles. The zero-order chi connectivity index (χ0) is 13.5. The number of hydrogen-bond donors (Lipinski definition) is 1. The van der Waals surface area contributed by atoms with Crippen LogP contribution in [0, 0.1) is 0 Å². The van der Waals surface area contributed by atoms with Gasteiger partial charge in [-0.05, 0) is 18.2 Å². The van der Waals surface area contributed by atoms with E-state index in [1.165, 1.54) is 12.1 Å². The second-order valence-corrected chi connectivity index (χ2v) is 4.15. The van der Waals surface area contributed by atoms with Crippen LogP contribution in [-0.2, 0) is 9.63 Å². The highest BCUT2D eigenvalue weighted by atomic mass is 35.5. The summed E-state index contributed by atoms with van der Waals surface area (Å²) in [4.78, 5) is 15.6. The van der Waals surface area contributed by atoms with Crippen LogP contribution in [0.5, 0.6) is 5.75 Å². The molecule has 0 unspecified atom stereocenters. The number of nitrogens with two attached hydrogens (primary N) is 1. The van der Waals surface area contributed by atoms with Crippen LogP contribution in [0.4, 0.5) is 0 Å². The number of carbonyl (C=O) groups excluding carboxylic acids is 1. The Morgan fingerprint density at radius 1 is 1.39 bits per heavy atom. The van der Waals surface area contributed by atoms with E-state index in [2.05, 4.69) is 9.99 Å². The van der Waals surface area contributed by atoms with Crippen molar-refractivity contribution < 1.29 is 14.4 Å². The topological polar surface area (TPSA) is 73.9 Å². The lowest BCUT2D eigenvalue weighted by Crippen LogP contribution is -2.18. The first-order valence-electron chi connectivity index (χ1n) is 4.69. The van der Waals surface area contributed by atoms with Gasteiger partial charge in [-0.1, -0.05) is 28.4 Å². The minimum Gasteiger partial charge on any atom is -0.480 e. The van der Waals surface area contributed by atoms with Crippen molar-refractivity contribution in [3.8, 4) is 5.75 Å². The number of benzene rings is 1. The second kappa shape index (κ2) is 7.31. The Hall–Kier alpha value is -1.17. The van der Waals surface area contributed by atoms with Gasteiger partial charge in [0.05, 0.1) is 10.9 Å². The number of amidine groups is 1. The predicted octanol–water partition coefficient (Wildman–Crippen LogP) is 2.43. The summed E-state index contributed by atoms with van der Waals surface area (Å²) in [6.45, 7) is -0.361. The largest absolute Gasteiger partial charge is 0.480 e. The van der Waals surface area contributed by atoms with Crippen LogP contribution in [0.3, 0.4) is 0 Å². The summed E-state index contributed by atoms with van der Waals surface area (Å²) in [5.41, 5.74) is 5.23. The zero-order valence-electron chi connectivity index (χ0n) is 9.03. The van der Waals surface area contributed by atoms with Crippen molar-refractivity contribution in [1.82, 2.24) is 0 Å². The fraction of sp³-hybridized carbons (Fsp3) is 0.200. The SMILES string of the molecule is NC(CCl)=NOC(=O)COc1ccc(Cl)cc1Cl. The summed E-state index contributed by atoms with van der Waals surface area (Å²) in [6.07, 6.45) is 0. The molecule has 1 aromatic rings. The van der Waals surface area contributed by atoms with Crippen molar-refractivity contribution in [1.29, 1.82) is 0 Å². The molecule has 8 heteroatoms. The van der Waals surface area contributed by atoms with E-state index in [0.717, 1.165) is 0 Å². The summed E-state index contributed by atoms with van der Waals surface area (Å²) >= 11 is 16.9. The molecule has 18 heavy (non-hydrogen) atoms. The van der Waals surface area contributed by atoms with E-state index < -0.39 is 5.97 Å². The van der Waals surface area contributed by atoms with E-state index in [9.17, 15) is 4.79 Å². The van der Waals surface area contributed by atoms with Crippen molar-refractivity contribution in [2.24, 2.45) is 10.9 Å². The Balaban J connectivity index is 2.47. The lowest BCUT2D eigenvalue weighted by Gasteiger charge is -2.06. The van der Waals surface area contributed by atoms with Crippen molar-refractivity contribution in [2.45, 2.75) is 0 Å². The van der Waals surface area contributed by atoms with Crippen LogP contribution in [0.15, 0.2) is 23.4 Å². The number of nitrogens with zero attached hydrogens (tertiary/aromatic N) is 1. The standard InChI is InChI=1S/C10H9Cl3N2O3/c11-4-9(14)15-18-10(16)5-17-8-2-1-6(12)3-7(8)13/h1-3H,4-5H2,(H2,14,15). The van der Waals surface area contributed by atoms with Crippen molar-refractivity contribution in [2.75, 3.05) is 12.5 Å². The van der Waals surface area contributed by atoms with Gasteiger partial charge < -0.3 is 15.3 Å². The van der Waals surface area contributed by atoms with E-state index >= 15 is 0 Å². The fourth-order valence-electron chi connectivity index (χ4n) is 0.889. The number of alkyl halides is 1. The molecule has 0 amide bonds. The van der Waals surface area contributed by atoms with Crippen molar-refractivity contribution in [3.63, 3.8) is 0 Å². The minimum atomic E-state index is -0.728. The first kappa shape index (κ1) is 14.9. The fourth-order valence-corrected chi connectivity index (χ4v) is 1.40. The molecule has 0 heterocycles. The highest BCUT2D eigenvalue weighted by Crippen LogP contribution is 2.27. The third-order valence-corrected chi connectivity index (χ3v) is 2.45. The van der Waals surface area contributed by atoms with E-state index in [-0.39, 0.29) is 18.3 Å². The van der Waals surface area contributed by atoms with Crippen molar-refractivity contribution in [3.05, 3.63) is 28.2 Å². The maximum absolute atomic E-state index is 11.2. The van der Waals surface area contributed by atoms with Gasteiger partial charge in [0.1, 0.15) is 5.75 Å². The number of ether oxygens (including phenoxy) is 1. The Morgan fingerprint density at radius 2 is 2.11 bits per heavy atom. The normalized spacial score (nSPS) is 11.2. The van der Waals surface area contributed by atoms with E-state index in [4.69, 9.17) is 45.3 Å². The molecule has 0 saturated heterocycles. The van der Waals surface area contributed by atoms with Crippen LogP contribution in [0.1, 0.15) is 0 Å². The molecule has 98 valence electrons. The van der Waals surface area contributed by atoms with Gasteiger partial charge >= 0.3 is 5.97 Å². The highest BCUT2D eigenvalue weighted by molar-refractivity contribution is 6.35. The molecule has 0 aliphatic rings. The molecule has 0 spiro atoms. The summed E-state index contributed by atoms with van der Waals surface area (Å²) in [5.74, 6) is -0.451. The average Bonchev–Trinajstić information content (AvgIpc) is 2.34. The van der Waals surface area contributed by atoms with Crippen LogP contribution < -0.4 is 10.5 Å². The van der Waals surface area contributed by atoms with Crippen LogP contribution in [0.25, 0.3) is 0 Å². The Labute approximate surface area is 118 Å². The first-order chi connectivity index (χ1) is 8.52. The summed E-state index contributed by atoms with van der Waals surface area (Å²) < 4.78 is 5.11. The van der Waals surface area contributed by atoms with E-state index in [1.807, 2.05) is 0 Å². The molecule has 0 fully saturated rings. The molecule has 0 radical (unpaired) electrons.